The van der Waals surface area contributed by atoms with Crippen LogP contribution in [-0.4, -0.2) is 16.1 Å². The summed E-state index contributed by atoms with van der Waals surface area (Å²) in [4.78, 5) is 23.7. The van der Waals surface area contributed by atoms with Gasteiger partial charge in [-0.25, -0.2) is 5.10 Å². The molecule has 1 amide bonds. The van der Waals surface area contributed by atoms with Gasteiger partial charge in [-0.1, -0.05) is 36.4 Å². The first-order chi connectivity index (χ1) is 13.1. The Morgan fingerprint density at radius 2 is 1.59 bits per heavy atom. The average Bonchev–Trinajstić information content (AvgIpc) is 2.61. The van der Waals surface area contributed by atoms with E-state index in [4.69, 9.17) is 5.73 Å². The number of H-pyrrole nitrogens is 1. The van der Waals surface area contributed by atoms with Crippen molar-refractivity contribution in [3.63, 3.8) is 0 Å². The lowest BCUT2D eigenvalue weighted by Gasteiger charge is -2.58. The first kappa shape index (κ1) is 16.2. The Labute approximate surface area is 156 Å². The first-order valence-corrected chi connectivity index (χ1v) is 9.42. The quantitative estimate of drug-likeness (QED) is 0.750. The van der Waals surface area contributed by atoms with E-state index in [1.807, 2.05) is 48.5 Å². The van der Waals surface area contributed by atoms with Gasteiger partial charge in [0.25, 0.3) is 5.56 Å². The Morgan fingerprint density at radius 3 is 2.33 bits per heavy atom. The summed E-state index contributed by atoms with van der Waals surface area (Å²) in [6.07, 6.45) is 4.36. The molecule has 2 aliphatic rings. The molecule has 1 heterocycles. The summed E-state index contributed by atoms with van der Waals surface area (Å²) < 4.78 is 0. The summed E-state index contributed by atoms with van der Waals surface area (Å²) in [7, 11) is 0. The van der Waals surface area contributed by atoms with Gasteiger partial charge in [0.2, 0.25) is 5.91 Å². The maximum Gasteiger partial charge on any atom is 0.272 e. The van der Waals surface area contributed by atoms with Crippen molar-refractivity contribution >= 4 is 16.7 Å². The molecule has 0 radical (unpaired) electrons. The Kier molecular flexibility index (Phi) is 3.47. The van der Waals surface area contributed by atoms with Crippen LogP contribution in [0.1, 0.15) is 59.1 Å². The third kappa shape index (κ3) is 2.49. The lowest BCUT2D eigenvalue weighted by molar-refractivity contribution is -0.0124. The summed E-state index contributed by atoms with van der Waals surface area (Å²) in [5.74, 6) is 0.455. The Hall–Kier alpha value is -2.95. The molecule has 27 heavy (non-hydrogen) atoms. The fourth-order valence-electron chi connectivity index (χ4n) is 5.24. The molecule has 3 N–H and O–H groups in total. The zero-order valence-corrected chi connectivity index (χ0v) is 14.9. The van der Waals surface area contributed by atoms with Crippen LogP contribution >= 0.6 is 0 Å². The molecule has 136 valence electrons. The van der Waals surface area contributed by atoms with Gasteiger partial charge in [0.15, 0.2) is 0 Å². The molecule has 5 heteroatoms. The molecule has 2 aliphatic carbocycles. The van der Waals surface area contributed by atoms with Crippen molar-refractivity contribution in [2.45, 2.75) is 37.5 Å². The van der Waals surface area contributed by atoms with Crippen molar-refractivity contribution < 1.29 is 4.79 Å². The number of hydrogen-bond donors (Lipinski definition) is 2. The summed E-state index contributed by atoms with van der Waals surface area (Å²) in [6, 6.07) is 15.4. The van der Waals surface area contributed by atoms with Gasteiger partial charge < -0.3 is 5.73 Å². The molecule has 2 fully saturated rings. The third-order valence-corrected chi connectivity index (χ3v) is 6.50. The van der Waals surface area contributed by atoms with Gasteiger partial charge in [0, 0.05) is 16.9 Å². The number of fused-ring (bicyclic) bond motifs is 1. The minimum absolute atomic E-state index is 0.129. The van der Waals surface area contributed by atoms with E-state index >= 15 is 0 Å². The van der Waals surface area contributed by atoms with Crippen LogP contribution in [0, 0.1) is 5.41 Å². The number of hydrogen-bond acceptors (Lipinski definition) is 3. The number of carbonyl (C=O) groups is 1. The standard InChI is InChI=1S/C22H21N3O2/c23-20(26)17-7-3-1-5-15(17)13-9-22(10-13)11-14(12-22)19-16-6-2-4-8-18(16)21(27)25-24-19/h1-8,13-14H,9-12H2,(H2,23,26)(H,25,27). The number of rotatable bonds is 3. The number of aromatic amines is 1. The van der Waals surface area contributed by atoms with Crippen LogP contribution in [-0.2, 0) is 0 Å². The van der Waals surface area contributed by atoms with Crippen LogP contribution in [0.25, 0.3) is 10.8 Å². The van der Waals surface area contributed by atoms with E-state index in [0.717, 1.165) is 42.3 Å². The summed E-state index contributed by atoms with van der Waals surface area (Å²) >= 11 is 0. The maximum absolute atomic E-state index is 12.0. The monoisotopic (exact) mass is 359 g/mol. The SMILES string of the molecule is NC(=O)c1ccccc1C1CC2(C1)CC(c1n[nH]c(=O)c3ccccc13)C2. The molecule has 2 aromatic carbocycles. The van der Waals surface area contributed by atoms with Gasteiger partial charge in [-0.3, -0.25) is 9.59 Å². The molecule has 5 rings (SSSR count). The van der Waals surface area contributed by atoms with Gasteiger partial charge in [0.1, 0.15) is 0 Å². The van der Waals surface area contributed by atoms with E-state index in [-0.39, 0.29) is 11.5 Å². The van der Waals surface area contributed by atoms with Crippen LogP contribution in [0.3, 0.4) is 0 Å². The second kappa shape index (κ2) is 5.78. The average molecular weight is 359 g/mol. The molecule has 5 nitrogen and oxygen atoms in total. The molecule has 0 unspecified atom stereocenters. The predicted molar refractivity (Wildman–Crippen MR) is 104 cm³/mol. The fraction of sp³-hybridized carbons (Fsp3) is 0.318. The van der Waals surface area contributed by atoms with E-state index in [1.165, 1.54) is 0 Å². The summed E-state index contributed by atoms with van der Waals surface area (Å²) in [6.45, 7) is 0. The summed E-state index contributed by atoms with van der Waals surface area (Å²) in [5.41, 5.74) is 8.50. The lowest BCUT2D eigenvalue weighted by Crippen LogP contribution is -2.46. The molecule has 0 aliphatic heterocycles. The number of nitrogens with one attached hydrogen (secondary N) is 1. The molecule has 0 saturated heterocycles. The van der Waals surface area contributed by atoms with Crippen molar-refractivity contribution in [1.29, 1.82) is 0 Å². The minimum Gasteiger partial charge on any atom is -0.366 e. The lowest BCUT2D eigenvalue weighted by atomic mass is 9.46. The van der Waals surface area contributed by atoms with E-state index < -0.39 is 0 Å². The fourth-order valence-corrected chi connectivity index (χ4v) is 5.24. The van der Waals surface area contributed by atoms with Crippen molar-refractivity contribution in [3.8, 4) is 0 Å². The van der Waals surface area contributed by atoms with Gasteiger partial charge in [-0.05, 0) is 54.7 Å². The number of amides is 1. The largest absolute Gasteiger partial charge is 0.366 e. The molecule has 3 aromatic rings. The number of nitrogens with zero attached hydrogens (tertiary/aromatic N) is 1. The second-order valence-corrected chi connectivity index (χ2v) is 8.15. The summed E-state index contributed by atoms with van der Waals surface area (Å²) in [5, 5.41) is 8.70. The van der Waals surface area contributed by atoms with Gasteiger partial charge in [-0.2, -0.15) is 5.10 Å². The molecular formula is C22H21N3O2. The molecule has 1 spiro atoms. The minimum atomic E-state index is -0.345. The number of carbonyl (C=O) groups excluding carboxylic acids is 1. The normalized spacial score (nSPS) is 26.5. The molecule has 1 aromatic heterocycles. The van der Waals surface area contributed by atoms with Gasteiger partial charge in [-0.15, -0.1) is 0 Å². The zero-order chi connectivity index (χ0) is 18.6. The number of primary amides is 1. The first-order valence-electron chi connectivity index (χ1n) is 9.42. The highest BCUT2D eigenvalue weighted by Gasteiger charge is 2.54. The van der Waals surface area contributed by atoms with E-state index in [1.54, 1.807) is 0 Å². The molecular weight excluding hydrogens is 338 g/mol. The van der Waals surface area contributed by atoms with Gasteiger partial charge in [0.05, 0.1) is 11.1 Å². The Balaban J connectivity index is 1.34. The number of benzene rings is 2. The number of aromatic nitrogens is 2. The zero-order valence-electron chi connectivity index (χ0n) is 14.9. The van der Waals surface area contributed by atoms with Crippen LogP contribution in [0.2, 0.25) is 0 Å². The number of nitrogens with two attached hydrogens (primary N) is 1. The van der Waals surface area contributed by atoms with Crippen molar-refractivity contribution in [3.05, 3.63) is 75.7 Å². The highest BCUT2D eigenvalue weighted by atomic mass is 16.1. The molecule has 0 atom stereocenters. The van der Waals surface area contributed by atoms with Crippen LogP contribution < -0.4 is 11.3 Å². The van der Waals surface area contributed by atoms with Crippen molar-refractivity contribution in [2.24, 2.45) is 11.1 Å². The Bertz CT molecular complexity index is 1100. The topological polar surface area (TPSA) is 88.8 Å². The third-order valence-electron chi connectivity index (χ3n) is 6.50. The van der Waals surface area contributed by atoms with Crippen LogP contribution in [0.15, 0.2) is 53.3 Å². The highest BCUT2D eigenvalue weighted by Crippen LogP contribution is 2.66. The smallest absolute Gasteiger partial charge is 0.272 e. The highest BCUT2D eigenvalue weighted by molar-refractivity contribution is 5.94. The van der Waals surface area contributed by atoms with Crippen molar-refractivity contribution in [1.82, 2.24) is 10.2 Å². The molecule has 0 bridgehead atoms. The van der Waals surface area contributed by atoms with Crippen LogP contribution in [0.4, 0.5) is 0 Å². The molecule has 2 saturated carbocycles. The van der Waals surface area contributed by atoms with Gasteiger partial charge >= 0.3 is 0 Å². The van der Waals surface area contributed by atoms with Crippen LogP contribution in [0.5, 0.6) is 0 Å². The van der Waals surface area contributed by atoms with E-state index in [9.17, 15) is 9.59 Å². The predicted octanol–water partition coefficient (Wildman–Crippen LogP) is 3.46. The van der Waals surface area contributed by atoms with Crippen molar-refractivity contribution in [2.75, 3.05) is 0 Å². The second-order valence-electron chi connectivity index (χ2n) is 8.15. The van der Waals surface area contributed by atoms with E-state index in [0.29, 0.717) is 28.2 Å². The Morgan fingerprint density at radius 1 is 0.963 bits per heavy atom. The maximum atomic E-state index is 12.0. The van der Waals surface area contributed by atoms with E-state index in [2.05, 4.69) is 10.2 Å².